The van der Waals surface area contributed by atoms with Crippen molar-refractivity contribution in [1.29, 1.82) is 0 Å². The normalized spacial score (nSPS) is 20.7. The lowest BCUT2D eigenvalue weighted by Crippen LogP contribution is -2.36. The molecule has 0 saturated heterocycles. The van der Waals surface area contributed by atoms with Gasteiger partial charge in [-0.1, -0.05) is 38.3 Å². The third kappa shape index (κ3) is 5.27. The number of nitrogens with one attached hydrogen (secondary N) is 2. The van der Waals surface area contributed by atoms with Crippen LogP contribution in [0.15, 0.2) is 24.3 Å². The second-order valence-corrected chi connectivity index (χ2v) is 6.34. The van der Waals surface area contributed by atoms with Crippen LogP contribution in [-0.2, 0) is 4.79 Å². The van der Waals surface area contributed by atoms with Gasteiger partial charge >= 0.3 is 0 Å². The predicted octanol–water partition coefficient (Wildman–Crippen LogP) is 2.49. The van der Waals surface area contributed by atoms with Gasteiger partial charge in [0.1, 0.15) is 0 Å². The number of hydrazine groups is 1. The molecule has 2 rings (SSSR count). The fourth-order valence-corrected chi connectivity index (χ4v) is 3.13. The van der Waals surface area contributed by atoms with E-state index in [-0.39, 0.29) is 17.4 Å². The maximum absolute atomic E-state index is 12.2. The summed E-state index contributed by atoms with van der Waals surface area (Å²) in [5, 5.41) is 10.7. The first-order chi connectivity index (χ1) is 11.1. The van der Waals surface area contributed by atoms with Crippen LogP contribution >= 0.6 is 0 Å². The lowest BCUT2D eigenvalue weighted by molar-refractivity contribution is -0.255. The maximum Gasteiger partial charge on any atom is 0.241 e. The first-order valence-electron chi connectivity index (χ1n) is 8.47. The molecule has 0 heterocycles. The quantitative estimate of drug-likeness (QED) is 0.757. The van der Waals surface area contributed by atoms with Crippen molar-refractivity contribution in [3.05, 3.63) is 29.8 Å². The number of rotatable bonds is 7. The summed E-state index contributed by atoms with van der Waals surface area (Å²) < 4.78 is 0. The van der Waals surface area contributed by atoms with E-state index in [2.05, 4.69) is 17.8 Å². The van der Waals surface area contributed by atoms with Crippen LogP contribution in [0.25, 0.3) is 0 Å². The zero-order valence-electron chi connectivity index (χ0n) is 13.6. The predicted molar refractivity (Wildman–Crippen MR) is 87.5 cm³/mol. The van der Waals surface area contributed by atoms with Gasteiger partial charge in [-0.15, -0.1) is 0 Å². The summed E-state index contributed by atoms with van der Waals surface area (Å²) in [6.45, 7) is 2.21. The highest BCUT2D eigenvalue weighted by Gasteiger charge is 2.25. The van der Waals surface area contributed by atoms with Crippen LogP contribution in [0.2, 0.25) is 0 Å². The van der Waals surface area contributed by atoms with Crippen molar-refractivity contribution in [1.82, 2.24) is 5.43 Å². The fraction of sp³-hybridized carbons (Fsp3) is 0.556. The molecule has 23 heavy (non-hydrogen) atoms. The maximum atomic E-state index is 12.2. The molecule has 0 bridgehead atoms. The topological polar surface area (TPSA) is 81.3 Å². The molecule has 1 aliphatic carbocycles. The Balaban J connectivity index is 1.74. The van der Waals surface area contributed by atoms with Gasteiger partial charge < -0.3 is 9.90 Å². The minimum Gasteiger partial charge on any atom is -0.545 e. The first-order valence-corrected chi connectivity index (χ1v) is 8.47. The zero-order chi connectivity index (χ0) is 16.7. The summed E-state index contributed by atoms with van der Waals surface area (Å²) in [6, 6.07) is 6.10. The van der Waals surface area contributed by atoms with Crippen LogP contribution in [0, 0.1) is 11.8 Å². The molecule has 0 unspecified atom stereocenters. The number of carbonyl (C=O) groups excluding carboxylic acids is 2. The lowest BCUT2D eigenvalue weighted by atomic mass is 9.79. The van der Waals surface area contributed by atoms with Crippen molar-refractivity contribution < 1.29 is 14.7 Å². The molecule has 1 amide bonds. The molecule has 0 spiro atoms. The summed E-state index contributed by atoms with van der Waals surface area (Å²) in [5.74, 6) is -0.338. The van der Waals surface area contributed by atoms with Gasteiger partial charge in [-0.25, -0.2) is 0 Å². The first kappa shape index (κ1) is 17.3. The van der Waals surface area contributed by atoms with Crippen molar-refractivity contribution in [3.63, 3.8) is 0 Å². The molecule has 5 nitrogen and oxygen atoms in total. The second kappa shape index (κ2) is 8.56. The number of hydrogen-bond acceptors (Lipinski definition) is 4. The number of carbonyl (C=O) groups is 2. The standard InChI is InChI=1S/C18H26N2O3/c1-2-3-4-13-5-7-14(8-6-13)17(21)20-19-16-11-9-15(10-12-16)18(22)23/h9-14,19H,2-8H2,1H3,(H,20,21)(H,22,23)/p-1. The van der Waals surface area contributed by atoms with E-state index in [1.54, 1.807) is 12.1 Å². The zero-order valence-corrected chi connectivity index (χ0v) is 13.6. The molecule has 1 aliphatic rings. The van der Waals surface area contributed by atoms with Gasteiger partial charge in [-0.2, -0.15) is 0 Å². The Morgan fingerprint density at radius 3 is 2.35 bits per heavy atom. The largest absolute Gasteiger partial charge is 0.545 e. The monoisotopic (exact) mass is 317 g/mol. The molecule has 1 fully saturated rings. The number of anilines is 1. The second-order valence-electron chi connectivity index (χ2n) is 6.34. The molecule has 1 aromatic rings. The molecule has 0 aromatic heterocycles. The van der Waals surface area contributed by atoms with Crippen LogP contribution in [-0.4, -0.2) is 11.9 Å². The molecule has 126 valence electrons. The molecule has 5 heteroatoms. The Morgan fingerprint density at radius 1 is 1.13 bits per heavy atom. The SMILES string of the molecule is CCCCC1CCC(C(=O)NNc2ccc(C(=O)[O-])cc2)CC1. The molecule has 0 radical (unpaired) electrons. The third-order valence-electron chi connectivity index (χ3n) is 4.63. The van der Waals surface area contributed by atoms with Crippen LogP contribution in [0.3, 0.4) is 0 Å². The summed E-state index contributed by atoms with van der Waals surface area (Å²) in [7, 11) is 0. The molecule has 2 N–H and O–H groups in total. The summed E-state index contributed by atoms with van der Waals surface area (Å²) in [4.78, 5) is 22.9. The third-order valence-corrected chi connectivity index (χ3v) is 4.63. The van der Waals surface area contributed by atoms with E-state index < -0.39 is 5.97 Å². The Morgan fingerprint density at radius 2 is 1.78 bits per heavy atom. The Hall–Kier alpha value is -2.04. The highest BCUT2D eigenvalue weighted by atomic mass is 16.4. The molecular weight excluding hydrogens is 292 g/mol. The van der Waals surface area contributed by atoms with Crippen LogP contribution in [0.4, 0.5) is 5.69 Å². The van der Waals surface area contributed by atoms with Gasteiger partial charge in [-0.3, -0.25) is 15.6 Å². The van der Waals surface area contributed by atoms with Gasteiger partial charge in [0.25, 0.3) is 0 Å². The van der Waals surface area contributed by atoms with Gasteiger partial charge in [0.2, 0.25) is 5.91 Å². The molecule has 1 saturated carbocycles. The van der Waals surface area contributed by atoms with E-state index in [1.165, 1.54) is 31.4 Å². The average molecular weight is 317 g/mol. The van der Waals surface area contributed by atoms with Gasteiger partial charge in [0, 0.05) is 5.92 Å². The highest BCUT2D eigenvalue weighted by molar-refractivity contribution is 5.86. The summed E-state index contributed by atoms with van der Waals surface area (Å²) >= 11 is 0. The Labute approximate surface area is 137 Å². The van der Waals surface area contributed by atoms with Crippen molar-refractivity contribution in [2.45, 2.75) is 51.9 Å². The van der Waals surface area contributed by atoms with E-state index in [9.17, 15) is 14.7 Å². The lowest BCUT2D eigenvalue weighted by Gasteiger charge is -2.27. The highest BCUT2D eigenvalue weighted by Crippen LogP contribution is 2.31. The smallest absolute Gasteiger partial charge is 0.241 e. The fourth-order valence-electron chi connectivity index (χ4n) is 3.13. The molecule has 0 atom stereocenters. The van der Waals surface area contributed by atoms with E-state index >= 15 is 0 Å². The van der Waals surface area contributed by atoms with Crippen molar-refractivity contribution in [2.24, 2.45) is 11.8 Å². The van der Waals surface area contributed by atoms with Crippen molar-refractivity contribution >= 4 is 17.6 Å². The average Bonchev–Trinajstić information content (AvgIpc) is 2.58. The summed E-state index contributed by atoms with van der Waals surface area (Å²) in [6.07, 6.45) is 7.98. The number of amides is 1. The van der Waals surface area contributed by atoms with Crippen LogP contribution in [0.1, 0.15) is 62.2 Å². The van der Waals surface area contributed by atoms with E-state index in [0.29, 0.717) is 5.69 Å². The van der Waals surface area contributed by atoms with E-state index in [1.807, 2.05) is 0 Å². The Kier molecular flexibility index (Phi) is 6.44. The van der Waals surface area contributed by atoms with Crippen molar-refractivity contribution in [2.75, 3.05) is 5.43 Å². The van der Waals surface area contributed by atoms with Gasteiger partial charge in [0.05, 0.1) is 11.7 Å². The minimum absolute atomic E-state index is 0.0166. The molecule has 1 aromatic carbocycles. The van der Waals surface area contributed by atoms with Crippen molar-refractivity contribution in [3.8, 4) is 0 Å². The summed E-state index contributed by atoms with van der Waals surface area (Å²) in [5.41, 5.74) is 6.33. The Bertz CT molecular complexity index is 520. The number of carboxylic acid groups (broad SMARTS) is 1. The van der Waals surface area contributed by atoms with Crippen LogP contribution < -0.4 is 16.0 Å². The minimum atomic E-state index is -1.21. The van der Waals surface area contributed by atoms with Gasteiger partial charge in [0.15, 0.2) is 0 Å². The van der Waals surface area contributed by atoms with E-state index in [0.717, 1.165) is 31.6 Å². The number of unbranched alkanes of at least 4 members (excludes halogenated alkanes) is 1. The number of aromatic carboxylic acids is 1. The van der Waals surface area contributed by atoms with E-state index in [4.69, 9.17) is 0 Å². The number of benzene rings is 1. The van der Waals surface area contributed by atoms with Gasteiger partial charge in [-0.05, 0) is 49.3 Å². The number of hydrogen-bond donors (Lipinski definition) is 2. The molecular formula is C18H25N2O3-. The van der Waals surface area contributed by atoms with Crippen LogP contribution in [0.5, 0.6) is 0 Å². The number of carboxylic acids is 1. The molecule has 0 aliphatic heterocycles.